The van der Waals surface area contributed by atoms with Crippen molar-refractivity contribution in [1.29, 1.82) is 0 Å². The van der Waals surface area contributed by atoms with Crippen molar-refractivity contribution < 1.29 is 12.8 Å². The lowest BCUT2D eigenvalue weighted by molar-refractivity contribution is 0.599. The highest BCUT2D eigenvalue weighted by molar-refractivity contribution is 7.92. The van der Waals surface area contributed by atoms with Crippen LogP contribution in [-0.2, 0) is 23.6 Å². The second-order valence-electron chi connectivity index (χ2n) is 3.94. The van der Waals surface area contributed by atoms with E-state index in [1.165, 1.54) is 16.8 Å². The number of benzene rings is 1. The first-order valence-electron chi connectivity index (χ1n) is 5.43. The van der Waals surface area contributed by atoms with Gasteiger partial charge in [-0.15, -0.1) is 0 Å². The van der Waals surface area contributed by atoms with Crippen LogP contribution in [0.1, 0.15) is 5.56 Å². The number of sulfonamides is 1. The lowest BCUT2D eigenvalue weighted by Crippen LogP contribution is -2.15. The number of anilines is 1. The van der Waals surface area contributed by atoms with Crippen LogP contribution in [0, 0.1) is 5.82 Å². The third-order valence-electron chi connectivity index (χ3n) is 2.48. The van der Waals surface area contributed by atoms with E-state index in [4.69, 9.17) is 5.73 Å². The van der Waals surface area contributed by atoms with Gasteiger partial charge in [0, 0.05) is 25.4 Å². The maximum Gasteiger partial charge on any atom is 0.263 e. The smallest absolute Gasteiger partial charge is 0.263 e. The maximum atomic E-state index is 12.8. The number of nitrogens with zero attached hydrogens (tertiary/aromatic N) is 2. The molecule has 0 radical (unpaired) electrons. The van der Waals surface area contributed by atoms with Gasteiger partial charge in [-0.25, -0.2) is 12.8 Å². The van der Waals surface area contributed by atoms with E-state index in [0.29, 0.717) is 5.56 Å². The molecule has 0 atom stereocenters. The predicted molar refractivity (Wildman–Crippen MR) is 68.3 cm³/mol. The normalized spacial score (nSPS) is 11.5. The zero-order valence-corrected chi connectivity index (χ0v) is 11.0. The summed E-state index contributed by atoms with van der Waals surface area (Å²) in [6, 6.07) is 4.53. The highest BCUT2D eigenvalue weighted by atomic mass is 32.2. The molecule has 8 heteroatoms. The number of hydrogen-bond donors (Lipinski definition) is 2. The van der Waals surface area contributed by atoms with Crippen LogP contribution < -0.4 is 10.5 Å². The fourth-order valence-electron chi connectivity index (χ4n) is 1.57. The van der Waals surface area contributed by atoms with Crippen LogP contribution in [0.5, 0.6) is 0 Å². The van der Waals surface area contributed by atoms with E-state index in [-0.39, 0.29) is 17.3 Å². The van der Waals surface area contributed by atoms with Gasteiger partial charge in [0.15, 0.2) is 5.82 Å². The molecule has 0 aliphatic carbocycles. The second-order valence-corrected chi connectivity index (χ2v) is 5.62. The first-order valence-corrected chi connectivity index (χ1v) is 6.91. The number of nitrogens with one attached hydrogen (secondary N) is 1. The Morgan fingerprint density at radius 1 is 1.37 bits per heavy atom. The van der Waals surface area contributed by atoms with Gasteiger partial charge in [-0.1, -0.05) is 0 Å². The summed E-state index contributed by atoms with van der Waals surface area (Å²) in [5, 5.41) is 3.98. The molecule has 102 valence electrons. The Morgan fingerprint density at radius 3 is 2.58 bits per heavy atom. The Kier molecular flexibility index (Phi) is 3.54. The number of halogens is 1. The van der Waals surface area contributed by atoms with Crippen LogP contribution in [0.25, 0.3) is 0 Å². The molecule has 1 aromatic carbocycles. The van der Waals surface area contributed by atoms with E-state index in [2.05, 4.69) is 9.82 Å². The number of aryl methyl sites for hydroxylation is 1. The van der Waals surface area contributed by atoms with Crippen molar-refractivity contribution in [3.8, 4) is 0 Å². The highest BCUT2D eigenvalue weighted by Gasteiger charge is 2.17. The molecule has 0 saturated heterocycles. The minimum absolute atomic E-state index is 0.0393. The van der Waals surface area contributed by atoms with Gasteiger partial charge >= 0.3 is 0 Å². The Bertz CT molecular complexity index is 679. The van der Waals surface area contributed by atoms with Crippen LogP contribution in [0.2, 0.25) is 0 Å². The molecule has 0 amide bonds. The van der Waals surface area contributed by atoms with E-state index in [1.54, 1.807) is 13.2 Å². The summed E-state index contributed by atoms with van der Waals surface area (Å²) in [4.78, 5) is -0.0393. The molecule has 2 aromatic rings. The minimum atomic E-state index is -3.80. The molecule has 0 aliphatic heterocycles. The Labute approximate surface area is 110 Å². The van der Waals surface area contributed by atoms with Gasteiger partial charge < -0.3 is 5.73 Å². The first-order chi connectivity index (χ1) is 8.92. The zero-order chi connectivity index (χ0) is 14.0. The maximum absolute atomic E-state index is 12.8. The Balaban J connectivity index is 2.33. The fraction of sp³-hybridized carbons (Fsp3) is 0.182. The fourth-order valence-corrected chi connectivity index (χ4v) is 2.61. The topological polar surface area (TPSA) is 90.0 Å². The molecule has 3 N–H and O–H groups in total. The summed E-state index contributed by atoms with van der Waals surface area (Å²) in [5.74, 6) is -0.325. The van der Waals surface area contributed by atoms with Gasteiger partial charge in [-0.3, -0.25) is 9.40 Å². The summed E-state index contributed by atoms with van der Waals surface area (Å²) in [6.45, 7) is 0.162. The third kappa shape index (κ3) is 2.91. The standard InChI is InChI=1S/C11H13FN4O2S/c1-16-7-8(6-13)11(14-16)15-19(17,18)10-4-2-9(12)3-5-10/h2-5,7H,6,13H2,1H3,(H,14,15). The van der Waals surface area contributed by atoms with Crippen molar-refractivity contribution in [2.75, 3.05) is 4.72 Å². The van der Waals surface area contributed by atoms with Gasteiger partial charge in [0.05, 0.1) is 4.90 Å². The van der Waals surface area contributed by atoms with Gasteiger partial charge in [-0.2, -0.15) is 5.10 Å². The molecule has 6 nitrogen and oxygen atoms in total. The average Bonchev–Trinajstić information content (AvgIpc) is 2.69. The Morgan fingerprint density at radius 2 is 2.00 bits per heavy atom. The lowest BCUT2D eigenvalue weighted by Gasteiger charge is -2.06. The van der Waals surface area contributed by atoms with Gasteiger partial charge in [0.1, 0.15) is 5.82 Å². The van der Waals surface area contributed by atoms with Crippen LogP contribution >= 0.6 is 0 Å². The molecule has 0 fully saturated rings. The largest absolute Gasteiger partial charge is 0.326 e. The minimum Gasteiger partial charge on any atom is -0.326 e. The molecule has 1 heterocycles. The number of nitrogens with two attached hydrogens (primary N) is 1. The monoisotopic (exact) mass is 284 g/mol. The predicted octanol–water partition coefficient (Wildman–Crippen LogP) is 0.819. The molecule has 19 heavy (non-hydrogen) atoms. The summed E-state index contributed by atoms with van der Waals surface area (Å²) in [6.07, 6.45) is 1.63. The number of hydrogen-bond acceptors (Lipinski definition) is 4. The summed E-state index contributed by atoms with van der Waals surface area (Å²) in [7, 11) is -2.14. The summed E-state index contributed by atoms with van der Waals surface area (Å²) < 4.78 is 40.7. The van der Waals surface area contributed by atoms with Crippen molar-refractivity contribution in [3.05, 3.63) is 41.8 Å². The number of rotatable bonds is 4. The van der Waals surface area contributed by atoms with Crippen LogP contribution in [0.4, 0.5) is 10.2 Å². The first kappa shape index (κ1) is 13.5. The highest BCUT2D eigenvalue weighted by Crippen LogP contribution is 2.18. The Hall–Kier alpha value is -1.93. The molecule has 0 aliphatic rings. The van der Waals surface area contributed by atoms with E-state index in [1.807, 2.05) is 0 Å². The summed E-state index contributed by atoms with van der Waals surface area (Å²) in [5.41, 5.74) is 6.08. The molecular formula is C11H13FN4O2S. The molecule has 0 unspecified atom stereocenters. The van der Waals surface area contributed by atoms with Gasteiger partial charge in [0.2, 0.25) is 0 Å². The van der Waals surface area contributed by atoms with E-state index in [0.717, 1.165) is 12.1 Å². The van der Waals surface area contributed by atoms with Gasteiger partial charge in [0.25, 0.3) is 10.0 Å². The lowest BCUT2D eigenvalue weighted by atomic mass is 10.3. The summed E-state index contributed by atoms with van der Waals surface area (Å²) >= 11 is 0. The molecule has 2 rings (SSSR count). The van der Waals surface area contributed by atoms with Crippen LogP contribution in [-0.4, -0.2) is 18.2 Å². The molecular weight excluding hydrogens is 271 g/mol. The quantitative estimate of drug-likeness (QED) is 0.869. The zero-order valence-electron chi connectivity index (χ0n) is 10.2. The van der Waals surface area contributed by atoms with Crippen molar-refractivity contribution in [1.82, 2.24) is 9.78 Å². The van der Waals surface area contributed by atoms with Crippen LogP contribution in [0.15, 0.2) is 35.4 Å². The van der Waals surface area contributed by atoms with Crippen molar-refractivity contribution >= 4 is 15.8 Å². The van der Waals surface area contributed by atoms with E-state index in [9.17, 15) is 12.8 Å². The number of aromatic nitrogens is 2. The van der Waals surface area contributed by atoms with Crippen molar-refractivity contribution in [3.63, 3.8) is 0 Å². The van der Waals surface area contributed by atoms with E-state index < -0.39 is 15.8 Å². The molecule has 1 aromatic heterocycles. The van der Waals surface area contributed by atoms with Crippen LogP contribution in [0.3, 0.4) is 0 Å². The second kappa shape index (κ2) is 4.98. The third-order valence-corrected chi connectivity index (χ3v) is 3.83. The molecule has 0 bridgehead atoms. The van der Waals surface area contributed by atoms with Gasteiger partial charge in [-0.05, 0) is 24.3 Å². The SMILES string of the molecule is Cn1cc(CN)c(NS(=O)(=O)c2ccc(F)cc2)n1. The van der Waals surface area contributed by atoms with Crippen molar-refractivity contribution in [2.24, 2.45) is 12.8 Å². The molecule has 0 saturated carbocycles. The molecule has 0 spiro atoms. The average molecular weight is 284 g/mol. The van der Waals surface area contributed by atoms with Crippen molar-refractivity contribution in [2.45, 2.75) is 11.4 Å². The van der Waals surface area contributed by atoms with E-state index >= 15 is 0 Å².